The summed E-state index contributed by atoms with van der Waals surface area (Å²) in [5.41, 5.74) is 7.05. The molecule has 1 aliphatic rings. The molecule has 0 amide bonds. The van der Waals surface area contributed by atoms with Gasteiger partial charge in [-0.2, -0.15) is 0 Å². The lowest BCUT2D eigenvalue weighted by Gasteiger charge is -2.24. The van der Waals surface area contributed by atoms with Gasteiger partial charge in [0.1, 0.15) is 0 Å². The molecule has 1 heterocycles. The normalized spacial score (nSPS) is 23.8. The summed E-state index contributed by atoms with van der Waals surface area (Å²) in [5.74, 6) is 0.140. The third-order valence-electron chi connectivity index (χ3n) is 3.99. The molecular formula is C14H22N2O2S. The van der Waals surface area contributed by atoms with Crippen LogP contribution in [0, 0.1) is 5.41 Å². The van der Waals surface area contributed by atoms with E-state index in [0.717, 1.165) is 25.2 Å². The molecule has 0 radical (unpaired) electrons. The fourth-order valence-corrected chi connectivity index (χ4v) is 3.33. The summed E-state index contributed by atoms with van der Waals surface area (Å²) in [6.45, 7) is 6.46. The number of benzene rings is 1. The molecule has 0 aromatic heterocycles. The minimum atomic E-state index is -3.10. The van der Waals surface area contributed by atoms with Gasteiger partial charge >= 0.3 is 0 Å². The lowest BCUT2D eigenvalue weighted by atomic mass is 9.90. The quantitative estimate of drug-likeness (QED) is 0.912. The molecule has 2 N–H and O–H groups in total. The van der Waals surface area contributed by atoms with Crippen molar-refractivity contribution >= 4 is 15.5 Å². The zero-order valence-corrected chi connectivity index (χ0v) is 12.4. The minimum absolute atomic E-state index is 0.140. The molecule has 1 atom stereocenters. The summed E-state index contributed by atoms with van der Waals surface area (Å²) in [6.07, 6.45) is 1.08. The van der Waals surface area contributed by atoms with Crippen LogP contribution in [0.2, 0.25) is 0 Å². The predicted molar refractivity (Wildman–Crippen MR) is 78.2 cm³/mol. The molecule has 1 unspecified atom stereocenters. The summed E-state index contributed by atoms with van der Waals surface area (Å²) < 4.78 is 23.5. The lowest BCUT2D eigenvalue weighted by molar-refractivity contribution is 0.383. The van der Waals surface area contributed by atoms with E-state index in [4.69, 9.17) is 5.73 Å². The minimum Gasteiger partial charge on any atom is -0.371 e. The molecule has 19 heavy (non-hydrogen) atoms. The standard InChI is InChI=1S/C14H22N2O2S/c1-3-19(17,18)13-6-4-12(5-7-13)16-9-8-14(2,10-15)11-16/h4-7H,3,8-11,15H2,1-2H3. The summed E-state index contributed by atoms with van der Waals surface area (Å²) in [4.78, 5) is 2.68. The third kappa shape index (κ3) is 2.92. The van der Waals surface area contributed by atoms with Crippen molar-refractivity contribution in [2.75, 3.05) is 30.3 Å². The number of anilines is 1. The van der Waals surface area contributed by atoms with Crippen molar-refractivity contribution in [3.05, 3.63) is 24.3 Å². The van der Waals surface area contributed by atoms with Crippen LogP contribution in [-0.4, -0.2) is 33.8 Å². The van der Waals surface area contributed by atoms with E-state index in [0.29, 0.717) is 11.4 Å². The molecule has 0 saturated carbocycles. The highest BCUT2D eigenvalue weighted by Crippen LogP contribution is 2.32. The molecule has 2 rings (SSSR count). The smallest absolute Gasteiger partial charge is 0.178 e. The molecule has 1 aliphatic heterocycles. The topological polar surface area (TPSA) is 63.4 Å². The van der Waals surface area contributed by atoms with Crippen LogP contribution in [0.1, 0.15) is 20.3 Å². The zero-order chi connectivity index (χ0) is 14.1. The van der Waals surface area contributed by atoms with Gasteiger partial charge in [0.05, 0.1) is 10.6 Å². The Morgan fingerprint density at radius 3 is 2.42 bits per heavy atom. The first-order valence-corrected chi connectivity index (χ1v) is 8.33. The monoisotopic (exact) mass is 282 g/mol. The number of nitrogens with two attached hydrogens (primary N) is 1. The van der Waals surface area contributed by atoms with Gasteiger partial charge in [0.25, 0.3) is 0 Å². The van der Waals surface area contributed by atoms with Gasteiger partial charge < -0.3 is 10.6 Å². The molecular weight excluding hydrogens is 260 g/mol. The Kier molecular flexibility index (Phi) is 3.87. The first-order chi connectivity index (χ1) is 8.90. The summed E-state index contributed by atoms with van der Waals surface area (Å²) >= 11 is 0. The Hall–Kier alpha value is -1.07. The van der Waals surface area contributed by atoms with Gasteiger partial charge in [-0.05, 0) is 42.6 Å². The van der Waals surface area contributed by atoms with E-state index in [2.05, 4.69) is 11.8 Å². The van der Waals surface area contributed by atoms with Gasteiger partial charge in [-0.25, -0.2) is 8.42 Å². The van der Waals surface area contributed by atoms with Gasteiger partial charge in [0.2, 0.25) is 0 Å². The molecule has 0 bridgehead atoms. The van der Waals surface area contributed by atoms with Crippen molar-refractivity contribution in [2.24, 2.45) is 11.1 Å². The van der Waals surface area contributed by atoms with Crippen LogP contribution < -0.4 is 10.6 Å². The maximum atomic E-state index is 11.8. The largest absolute Gasteiger partial charge is 0.371 e. The molecule has 1 fully saturated rings. The molecule has 1 aromatic carbocycles. The van der Waals surface area contributed by atoms with Gasteiger partial charge in [-0.3, -0.25) is 0 Å². The Balaban J connectivity index is 2.17. The van der Waals surface area contributed by atoms with Crippen LogP contribution >= 0.6 is 0 Å². The number of hydrogen-bond acceptors (Lipinski definition) is 4. The van der Waals surface area contributed by atoms with E-state index in [1.165, 1.54) is 0 Å². The third-order valence-corrected chi connectivity index (χ3v) is 5.74. The number of rotatable bonds is 4. The van der Waals surface area contributed by atoms with Crippen molar-refractivity contribution in [3.8, 4) is 0 Å². The Bertz CT molecular complexity index is 539. The Morgan fingerprint density at radius 1 is 1.32 bits per heavy atom. The van der Waals surface area contributed by atoms with Crippen molar-refractivity contribution in [3.63, 3.8) is 0 Å². The average Bonchev–Trinajstić information content (AvgIpc) is 2.82. The molecule has 1 aromatic rings. The Morgan fingerprint density at radius 2 is 1.95 bits per heavy atom. The fourth-order valence-electron chi connectivity index (χ4n) is 2.44. The number of hydrogen-bond donors (Lipinski definition) is 1. The first kappa shape index (κ1) is 14.3. The highest BCUT2D eigenvalue weighted by atomic mass is 32.2. The highest BCUT2D eigenvalue weighted by molar-refractivity contribution is 7.91. The van der Waals surface area contributed by atoms with Gasteiger partial charge in [-0.15, -0.1) is 0 Å². The van der Waals surface area contributed by atoms with Crippen molar-refractivity contribution < 1.29 is 8.42 Å². The van der Waals surface area contributed by atoms with Crippen LogP contribution in [0.25, 0.3) is 0 Å². The second-order valence-electron chi connectivity index (χ2n) is 5.58. The molecule has 4 nitrogen and oxygen atoms in total. The van der Waals surface area contributed by atoms with Crippen molar-refractivity contribution in [2.45, 2.75) is 25.2 Å². The van der Waals surface area contributed by atoms with Crippen LogP contribution in [0.15, 0.2) is 29.2 Å². The molecule has 106 valence electrons. The maximum absolute atomic E-state index is 11.8. The van der Waals surface area contributed by atoms with E-state index in [9.17, 15) is 8.42 Å². The summed E-state index contributed by atoms with van der Waals surface area (Å²) in [6, 6.07) is 7.19. The summed E-state index contributed by atoms with van der Waals surface area (Å²) in [5, 5.41) is 0. The maximum Gasteiger partial charge on any atom is 0.178 e. The predicted octanol–water partition coefficient (Wildman–Crippen LogP) is 1.66. The van der Waals surface area contributed by atoms with Gasteiger partial charge in [0, 0.05) is 18.8 Å². The Labute approximate surface area is 115 Å². The number of sulfone groups is 1. The lowest BCUT2D eigenvalue weighted by Crippen LogP contribution is -2.31. The van der Waals surface area contributed by atoms with E-state index in [1.807, 2.05) is 12.1 Å². The van der Waals surface area contributed by atoms with Crippen LogP contribution in [0.3, 0.4) is 0 Å². The molecule has 0 aliphatic carbocycles. The van der Waals surface area contributed by atoms with Gasteiger partial charge in [-0.1, -0.05) is 13.8 Å². The van der Waals surface area contributed by atoms with E-state index < -0.39 is 9.84 Å². The van der Waals surface area contributed by atoms with Crippen LogP contribution in [0.5, 0.6) is 0 Å². The van der Waals surface area contributed by atoms with E-state index in [-0.39, 0.29) is 11.2 Å². The molecule has 1 saturated heterocycles. The van der Waals surface area contributed by atoms with Crippen molar-refractivity contribution in [1.82, 2.24) is 0 Å². The number of nitrogens with zero attached hydrogens (tertiary/aromatic N) is 1. The second-order valence-corrected chi connectivity index (χ2v) is 7.86. The average molecular weight is 282 g/mol. The van der Waals surface area contributed by atoms with Gasteiger partial charge in [0.15, 0.2) is 9.84 Å². The molecule has 0 spiro atoms. The van der Waals surface area contributed by atoms with E-state index in [1.54, 1.807) is 19.1 Å². The fraction of sp³-hybridized carbons (Fsp3) is 0.571. The summed E-state index contributed by atoms with van der Waals surface area (Å²) in [7, 11) is -3.10. The second kappa shape index (κ2) is 5.13. The highest BCUT2D eigenvalue weighted by Gasteiger charge is 2.32. The zero-order valence-electron chi connectivity index (χ0n) is 11.6. The van der Waals surface area contributed by atoms with Crippen LogP contribution in [-0.2, 0) is 9.84 Å². The van der Waals surface area contributed by atoms with Crippen molar-refractivity contribution in [1.29, 1.82) is 0 Å². The molecule has 5 heteroatoms. The SMILES string of the molecule is CCS(=O)(=O)c1ccc(N2CCC(C)(CN)C2)cc1. The van der Waals surface area contributed by atoms with Crippen LogP contribution in [0.4, 0.5) is 5.69 Å². The van der Waals surface area contributed by atoms with E-state index >= 15 is 0 Å². The first-order valence-electron chi connectivity index (χ1n) is 6.68.